The number of fused-ring (bicyclic) bond motifs is 1. The van der Waals surface area contributed by atoms with Crippen molar-refractivity contribution in [3.05, 3.63) is 34.9 Å². The summed E-state index contributed by atoms with van der Waals surface area (Å²) in [6.07, 6.45) is 1.37. The summed E-state index contributed by atoms with van der Waals surface area (Å²) in [4.78, 5) is 22.8. The summed E-state index contributed by atoms with van der Waals surface area (Å²) in [5, 5.41) is 8.98. The molecule has 3 nitrogen and oxygen atoms in total. The van der Waals surface area contributed by atoms with E-state index in [1.807, 2.05) is 19.1 Å². The summed E-state index contributed by atoms with van der Waals surface area (Å²) < 4.78 is 0. The SMILES string of the molecule is Cc1cccc2c1CCC(C(=O)O)CC2=O. The second-order valence-electron chi connectivity index (χ2n) is 4.30. The summed E-state index contributed by atoms with van der Waals surface area (Å²) in [6, 6.07) is 5.62. The largest absolute Gasteiger partial charge is 0.481 e. The highest BCUT2D eigenvalue weighted by molar-refractivity contribution is 6.00. The van der Waals surface area contributed by atoms with Crippen LogP contribution in [0.25, 0.3) is 0 Å². The van der Waals surface area contributed by atoms with Gasteiger partial charge in [-0.05, 0) is 30.9 Å². The number of carbonyl (C=O) groups excluding carboxylic acids is 1. The first-order chi connectivity index (χ1) is 7.59. The zero-order valence-corrected chi connectivity index (χ0v) is 9.19. The molecule has 1 aromatic rings. The first-order valence-electron chi connectivity index (χ1n) is 5.44. The molecule has 1 unspecified atom stereocenters. The number of carboxylic acids is 1. The lowest BCUT2D eigenvalue weighted by molar-refractivity contribution is -0.141. The first kappa shape index (κ1) is 10.9. The second kappa shape index (κ2) is 4.08. The third kappa shape index (κ3) is 1.85. The van der Waals surface area contributed by atoms with Gasteiger partial charge in [-0.25, -0.2) is 0 Å². The van der Waals surface area contributed by atoms with Crippen LogP contribution in [-0.2, 0) is 11.2 Å². The van der Waals surface area contributed by atoms with Gasteiger partial charge in [-0.3, -0.25) is 9.59 Å². The minimum Gasteiger partial charge on any atom is -0.481 e. The number of rotatable bonds is 1. The van der Waals surface area contributed by atoms with Crippen molar-refractivity contribution >= 4 is 11.8 Å². The number of benzene rings is 1. The van der Waals surface area contributed by atoms with Gasteiger partial charge in [0.2, 0.25) is 0 Å². The molecule has 16 heavy (non-hydrogen) atoms. The van der Waals surface area contributed by atoms with Crippen molar-refractivity contribution < 1.29 is 14.7 Å². The molecular weight excluding hydrogens is 204 g/mol. The number of carbonyl (C=O) groups is 2. The summed E-state index contributed by atoms with van der Waals surface area (Å²) in [5.41, 5.74) is 2.82. The quantitative estimate of drug-likeness (QED) is 0.735. The van der Waals surface area contributed by atoms with E-state index in [9.17, 15) is 9.59 Å². The smallest absolute Gasteiger partial charge is 0.306 e. The number of hydrogen-bond donors (Lipinski definition) is 1. The molecule has 0 amide bonds. The van der Waals surface area contributed by atoms with Crippen LogP contribution >= 0.6 is 0 Å². The third-order valence-corrected chi connectivity index (χ3v) is 3.23. The minimum absolute atomic E-state index is 0.0383. The highest BCUT2D eigenvalue weighted by Crippen LogP contribution is 2.26. The zero-order chi connectivity index (χ0) is 11.7. The lowest BCUT2D eigenvalue weighted by Crippen LogP contribution is -2.16. The van der Waals surface area contributed by atoms with Crippen LogP contribution in [0.1, 0.15) is 34.3 Å². The monoisotopic (exact) mass is 218 g/mol. The lowest BCUT2D eigenvalue weighted by Gasteiger charge is -2.07. The van der Waals surface area contributed by atoms with E-state index in [4.69, 9.17) is 5.11 Å². The molecule has 84 valence electrons. The molecule has 2 rings (SSSR count). The van der Waals surface area contributed by atoms with Crippen molar-refractivity contribution in [3.63, 3.8) is 0 Å². The molecule has 3 heteroatoms. The van der Waals surface area contributed by atoms with E-state index < -0.39 is 11.9 Å². The summed E-state index contributed by atoms with van der Waals surface area (Å²) >= 11 is 0. The molecule has 0 radical (unpaired) electrons. The average molecular weight is 218 g/mol. The van der Waals surface area contributed by atoms with Crippen molar-refractivity contribution in [3.8, 4) is 0 Å². The second-order valence-corrected chi connectivity index (χ2v) is 4.30. The molecule has 0 fully saturated rings. The van der Waals surface area contributed by atoms with Crippen molar-refractivity contribution in [1.82, 2.24) is 0 Å². The van der Waals surface area contributed by atoms with Gasteiger partial charge < -0.3 is 5.11 Å². The molecule has 0 aromatic heterocycles. The van der Waals surface area contributed by atoms with Gasteiger partial charge in [-0.2, -0.15) is 0 Å². The molecule has 1 aliphatic carbocycles. The van der Waals surface area contributed by atoms with E-state index in [0.29, 0.717) is 18.4 Å². The maximum absolute atomic E-state index is 11.9. The van der Waals surface area contributed by atoms with Crippen LogP contribution in [-0.4, -0.2) is 16.9 Å². The Morgan fingerprint density at radius 2 is 2.19 bits per heavy atom. The first-order valence-corrected chi connectivity index (χ1v) is 5.44. The Labute approximate surface area is 94.1 Å². The van der Waals surface area contributed by atoms with E-state index in [1.165, 1.54) is 0 Å². The number of Topliss-reactive ketones (excluding diaryl/α,β-unsaturated/α-hetero) is 1. The molecule has 0 spiro atoms. The van der Waals surface area contributed by atoms with Crippen LogP contribution in [0, 0.1) is 12.8 Å². The average Bonchev–Trinajstić information content (AvgIpc) is 2.40. The Balaban J connectivity index is 2.39. The fourth-order valence-electron chi connectivity index (χ4n) is 2.26. The molecule has 0 saturated heterocycles. The maximum Gasteiger partial charge on any atom is 0.306 e. The van der Waals surface area contributed by atoms with Crippen LogP contribution in [0.2, 0.25) is 0 Å². The van der Waals surface area contributed by atoms with Crippen LogP contribution < -0.4 is 0 Å². The molecule has 0 saturated carbocycles. The normalized spacial score (nSPS) is 20.1. The van der Waals surface area contributed by atoms with Crippen LogP contribution in [0.3, 0.4) is 0 Å². The number of aliphatic carboxylic acids is 1. The Kier molecular flexibility index (Phi) is 2.77. The standard InChI is InChI=1S/C13H14O3/c1-8-3-2-4-11-10(8)6-5-9(13(15)16)7-12(11)14/h2-4,9H,5-7H2,1H3,(H,15,16). The Morgan fingerprint density at radius 1 is 1.44 bits per heavy atom. The minimum atomic E-state index is -0.862. The van der Waals surface area contributed by atoms with E-state index in [0.717, 1.165) is 11.1 Å². The van der Waals surface area contributed by atoms with E-state index in [2.05, 4.69) is 0 Å². The number of carboxylic acid groups (broad SMARTS) is 1. The maximum atomic E-state index is 11.9. The molecule has 0 bridgehead atoms. The van der Waals surface area contributed by atoms with Crippen molar-refractivity contribution in [1.29, 1.82) is 0 Å². The van der Waals surface area contributed by atoms with Gasteiger partial charge in [-0.15, -0.1) is 0 Å². The Hall–Kier alpha value is -1.64. The van der Waals surface area contributed by atoms with Gasteiger partial charge in [0.1, 0.15) is 0 Å². The highest BCUT2D eigenvalue weighted by Gasteiger charge is 2.27. The number of hydrogen-bond acceptors (Lipinski definition) is 2. The van der Waals surface area contributed by atoms with E-state index in [1.54, 1.807) is 6.07 Å². The fraction of sp³-hybridized carbons (Fsp3) is 0.385. The fourth-order valence-corrected chi connectivity index (χ4v) is 2.26. The molecule has 1 N–H and O–H groups in total. The van der Waals surface area contributed by atoms with Gasteiger partial charge in [0.15, 0.2) is 5.78 Å². The third-order valence-electron chi connectivity index (χ3n) is 3.23. The van der Waals surface area contributed by atoms with Crippen LogP contribution in [0.5, 0.6) is 0 Å². The van der Waals surface area contributed by atoms with E-state index >= 15 is 0 Å². The van der Waals surface area contributed by atoms with Crippen molar-refractivity contribution in [2.45, 2.75) is 26.2 Å². The van der Waals surface area contributed by atoms with Crippen LogP contribution in [0.15, 0.2) is 18.2 Å². The molecule has 1 aromatic carbocycles. The predicted octanol–water partition coefficient (Wildman–Crippen LogP) is 2.21. The number of aryl methyl sites for hydroxylation is 1. The van der Waals surface area contributed by atoms with Gasteiger partial charge in [0.25, 0.3) is 0 Å². The molecule has 1 aliphatic rings. The summed E-state index contributed by atoms with van der Waals surface area (Å²) in [7, 11) is 0. The topological polar surface area (TPSA) is 54.4 Å². The van der Waals surface area contributed by atoms with Gasteiger partial charge in [0, 0.05) is 12.0 Å². The van der Waals surface area contributed by atoms with Crippen LogP contribution in [0.4, 0.5) is 0 Å². The molecule has 1 atom stereocenters. The van der Waals surface area contributed by atoms with Gasteiger partial charge in [0.05, 0.1) is 5.92 Å². The lowest BCUT2D eigenvalue weighted by atomic mass is 9.98. The predicted molar refractivity (Wildman–Crippen MR) is 59.6 cm³/mol. The molecular formula is C13H14O3. The summed E-state index contributed by atoms with van der Waals surface area (Å²) in [5.74, 6) is -1.43. The summed E-state index contributed by atoms with van der Waals surface area (Å²) in [6.45, 7) is 1.97. The van der Waals surface area contributed by atoms with Crippen molar-refractivity contribution in [2.75, 3.05) is 0 Å². The highest BCUT2D eigenvalue weighted by atomic mass is 16.4. The Morgan fingerprint density at radius 3 is 2.88 bits per heavy atom. The van der Waals surface area contributed by atoms with E-state index in [-0.39, 0.29) is 12.2 Å². The van der Waals surface area contributed by atoms with Gasteiger partial charge >= 0.3 is 5.97 Å². The van der Waals surface area contributed by atoms with Gasteiger partial charge in [-0.1, -0.05) is 18.2 Å². The number of ketones is 1. The van der Waals surface area contributed by atoms with Crippen molar-refractivity contribution in [2.24, 2.45) is 5.92 Å². The Bertz CT molecular complexity index is 448. The molecule has 0 heterocycles. The zero-order valence-electron chi connectivity index (χ0n) is 9.19. The molecule has 0 aliphatic heterocycles.